The van der Waals surface area contributed by atoms with Crippen LogP contribution in [0.4, 0.5) is 4.79 Å². The van der Waals surface area contributed by atoms with E-state index in [1.807, 2.05) is 45.0 Å². The molecule has 0 saturated heterocycles. The summed E-state index contributed by atoms with van der Waals surface area (Å²) in [5.74, 6) is -4.18. The fourth-order valence-corrected chi connectivity index (χ4v) is 10.1. The molecule has 8 rings (SSSR count). The quantitative estimate of drug-likeness (QED) is 0.00461. The maximum Gasteiger partial charge on any atom is 1.00 e. The van der Waals surface area contributed by atoms with Crippen LogP contribution in [0, 0.1) is 38.5 Å². The third-order valence-corrected chi connectivity index (χ3v) is 17.7. The van der Waals surface area contributed by atoms with Crippen LogP contribution in [0.25, 0.3) is 0 Å². The van der Waals surface area contributed by atoms with Crippen molar-refractivity contribution in [3.8, 4) is 28.7 Å². The molecular formula is C95H117BClLiN4NaO32. The molecule has 8 N–H and O–H groups in total. The number of ketones is 2. The predicted molar refractivity (Wildman–Crippen MR) is 487 cm³/mol. The number of ether oxygens (including phenoxy) is 11. The largest absolute Gasteiger partial charge is 1.00 e. The summed E-state index contributed by atoms with van der Waals surface area (Å²) in [5.41, 5.74) is 6.55. The Bertz CT molecular complexity index is 4880. The van der Waals surface area contributed by atoms with Crippen LogP contribution in [0.5, 0.6) is 28.7 Å². The number of aliphatic hydroxyl groups excluding tert-OH is 3. The molecule has 0 aromatic heterocycles. The number of benzene rings is 8. The van der Waals surface area contributed by atoms with E-state index in [1.165, 1.54) is 70.2 Å². The molecular weight excluding hydrogens is 1790 g/mol. The average Bonchev–Trinajstić information content (AvgIpc) is 0.829. The number of halogens is 1. The topological polar surface area (TPSA) is 525 Å². The summed E-state index contributed by atoms with van der Waals surface area (Å²) in [4.78, 5) is 175. The number of amides is 5. The number of methoxy groups -OCH3 is 9. The Kier molecular flexibility index (Phi) is 68.5. The van der Waals surface area contributed by atoms with Gasteiger partial charge in [0.1, 0.15) is 65.4 Å². The number of rotatable bonds is 29. The number of esters is 4. The fraction of sp³-hybridized carbons (Fsp3) is 0.337. The molecule has 0 spiro atoms. The van der Waals surface area contributed by atoms with Gasteiger partial charge in [0.25, 0.3) is 23.5 Å². The summed E-state index contributed by atoms with van der Waals surface area (Å²) in [6.07, 6.45) is -4.61. The van der Waals surface area contributed by atoms with Crippen LogP contribution in [-0.2, 0) is 76.4 Å². The van der Waals surface area contributed by atoms with E-state index in [-0.39, 0.29) is 112 Å². The molecule has 8 aromatic carbocycles. The van der Waals surface area contributed by atoms with Gasteiger partial charge in [0.05, 0.1) is 88.2 Å². The first-order chi connectivity index (χ1) is 61.7. The zero-order valence-corrected chi connectivity index (χ0v) is 82.5. The Morgan fingerprint density at radius 1 is 0.459 bits per heavy atom. The van der Waals surface area contributed by atoms with Gasteiger partial charge in [0.2, 0.25) is 18.0 Å². The Labute approximate surface area is 827 Å². The van der Waals surface area contributed by atoms with Gasteiger partial charge in [-0.15, -0.1) is 0 Å². The van der Waals surface area contributed by atoms with E-state index in [4.69, 9.17) is 54.7 Å². The number of nitrogens with zero attached hydrogens (tertiary/aromatic N) is 1. The van der Waals surface area contributed by atoms with Crippen molar-refractivity contribution in [3.05, 3.63) is 255 Å². The number of carboxylic acids is 1. The minimum absolute atomic E-state index is 0. The van der Waals surface area contributed by atoms with Gasteiger partial charge < -0.3 is 95.4 Å². The second-order valence-corrected chi connectivity index (χ2v) is 28.8. The van der Waals surface area contributed by atoms with E-state index in [2.05, 4.69) is 39.6 Å². The normalized spacial score (nSPS) is 11.4. The molecule has 721 valence electrons. The van der Waals surface area contributed by atoms with Gasteiger partial charge in [0, 0.05) is 50.1 Å². The van der Waals surface area contributed by atoms with Crippen molar-refractivity contribution in [2.75, 3.05) is 77.1 Å². The van der Waals surface area contributed by atoms with E-state index in [1.54, 1.807) is 226 Å². The number of hydrogen-bond acceptors (Lipinski definition) is 31. The van der Waals surface area contributed by atoms with Crippen molar-refractivity contribution < 1.29 is 205 Å². The first-order valence-electron chi connectivity index (χ1n) is 39.5. The number of aliphatic hydroxyl groups is 3. The smallest absolute Gasteiger partial charge is 1.00 e. The monoisotopic (exact) mass is 1900 g/mol. The van der Waals surface area contributed by atoms with Crippen molar-refractivity contribution in [2.24, 2.45) is 17.8 Å². The van der Waals surface area contributed by atoms with Gasteiger partial charge in [-0.3, -0.25) is 62.3 Å². The number of carbonyl (C=O) groups is 14. The number of carboxylic acid groups (broad SMARTS) is 1. The maximum atomic E-state index is 12.5. The molecule has 0 bridgehead atoms. The van der Waals surface area contributed by atoms with Crippen LogP contribution >= 0.6 is 11.6 Å². The molecule has 5 amide bonds. The maximum absolute atomic E-state index is 12.5. The number of aryl methyl sites for hydroxylation is 3. The molecule has 3 radical (unpaired) electrons. The first-order valence-corrected chi connectivity index (χ1v) is 39.8. The fourth-order valence-electron chi connectivity index (χ4n) is 10.0. The summed E-state index contributed by atoms with van der Waals surface area (Å²) in [6.45, 7) is 19.4. The van der Waals surface area contributed by atoms with E-state index in [9.17, 15) is 82.4 Å². The van der Waals surface area contributed by atoms with E-state index >= 15 is 0 Å². The van der Waals surface area contributed by atoms with E-state index in [0.717, 1.165) is 32.9 Å². The molecule has 8 atom stereocenters. The predicted octanol–water partition coefficient (Wildman–Crippen LogP) is 5.24. The number of carbonyl (C=O) groups excluding carboxylic acids is 15. The third kappa shape index (κ3) is 51.8. The van der Waals surface area contributed by atoms with E-state index < -0.39 is 107 Å². The van der Waals surface area contributed by atoms with Gasteiger partial charge in [-0.05, 0) is 219 Å². The number of aliphatic carboxylic acids is 1. The minimum atomic E-state index is -1.15. The Hall–Kier alpha value is -12.9. The summed E-state index contributed by atoms with van der Waals surface area (Å²) < 4.78 is 52.7. The van der Waals surface area contributed by atoms with Crippen molar-refractivity contribution >= 4 is 109 Å². The van der Waals surface area contributed by atoms with Crippen molar-refractivity contribution in [2.45, 2.75) is 119 Å². The number of hydrogen-bond donors (Lipinski definition) is 7. The van der Waals surface area contributed by atoms with Crippen LogP contribution < -0.4 is 88.1 Å². The molecule has 0 aliphatic heterocycles. The van der Waals surface area contributed by atoms with Gasteiger partial charge in [-0.2, -0.15) is 9.59 Å². The molecule has 0 aliphatic rings. The second kappa shape index (κ2) is 70.8. The second-order valence-electron chi connectivity index (χ2n) is 28.5. The van der Waals surface area contributed by atoms with Crippen LogP contribution in [0.3, 0.4) is 0 Å². The molecule has 0 aliphatic carbocycles. The summed E-state index contributed by atoms with van der Waals surface area (Å²) >= 11 is 5.22. The SMILES string of the molecule is COC(=O)C(C)C(=O)c1ccc(OC)cc1.COC(=O)C(C)C(=O)c1ccc(OC)cc1.COC(=O)CN(C(=O)OC(C)(C)C)C(=O)c1ccc(C)cc1.COC(=O)CNC(=O)c1ccc(C)cc1.COc1ccc([C@H](O)C(C)C(=O)O)cc1.COc1ccc([C@H](O)[C@@H](C)NC(C)=O)cc1.COc1ccc([C@H](O)[C@H](NC(C)=O)OC=O)cc1.Cc1ccc(C(=O)Cl)cc1.O=C=O.[B].[H-].[Li+].[Na+].[OH-]. The molecule has 8 aromatic rings. The molecule has 40 heteroatoms. The average molecular weight is 1900 g/mol. The Balaban J connectivity index is -0.000000354. The zero-order chi connectivity index (χ0) is 99.8. The van der Waals surface area contributed by atoms with Crippen molar-refractivity contribution in [1.29, 1.82) is 0 Å². The van der Waals surface area contributed by atoms with Gasteiger partial charge in [-0.25, -0.2) is 9.69 Å². The zero-order valence-electron chi connectivity index (χ0n) is 80.7. The molecule has 0 heterocycles. The first kappa shape index (κ1) is 131. The summed E-state index contributed by atoms with van der Waals surface area (Å²) in [6, 6.07) is 54.2. The van der Waals surface area contributed by atoms with Crippen LogP contribution in [0.2, 0.25) is 0 Å². The molecule has 3 unspecified atom stereocenters. The number of nitrogens with one attached hydrogen (secondary N) is 3. The van der Waals surface area contributed by atoms with Crippen LogP contribution in [0.1, 0.15) is 167 Å². The Morgan fingerprint density at radius 2 is 0.763 bits per heavy atom. The third-order valence-electron chi connectivity index (χ3n) is 17.5. The van der Waals surface area contributed by atoms with Crippen molar-refractivity contribution in [1.82, 2.24) is 20.9 Å². The molecule has 0 fully saturated rings. The number of imide groups is 1. The standard InChI is InChI=1S/C16H21NO5.C12H15NO5.C12H17NO3.2C12H14O4.C11H13NO3.C11H14O4.C8H7ClO.CO2.B.Li.Na.H2O.H/c1-11-6-8-12(9-7-11)14(19)17(10-13(18)21-5)15(20)22-16(2,3)4;1-8(15)13-12(18-7-14)11(16)9-3-5-10(17-2)6-4-9;1-8(13-9(2)14)12(15)10-4-6-11(16-3)7-5-10;2*1-8(12(14)16-3)11(13)9-4-6-10(15-2)7-5-9;1-8-3-5-9(6-4-8)11(14)12-7-10(13)15-2;1-7(11(13)14)10(12)8-3-5-9(15-2)6-4-8;1-6-2-4-7(5-3-6)8(9)10;2-1-3;;;;;/h6-9H,10H2,1-5H3;3-7,11-12,16H,1-2H3,(H,13,15);4-8,12,15H,1-3H3,(H,13,14);2*4-8H,1-3H3;3-6H,7H2,1-2H3,(H,12,14);3-7,10,12H,1-2H3,(H,13,14);2-5H,1H3;;;;;1H2;/q;;;;;;;;;;2*+1;;-1/p-1/t;11-,12+;8-,12-;;;;7?,10-;;;;;;;/m.01...1......./s1. The molecule has 36 nitrogen and oxygen atoms in total. The molecule has 135 heavy (non-hydrogen) atoms. The van der Waals surface area contributed by atoms with Crippen molar-refractivity contribution in [3.63, 3.8) is 0 Å². The van der Waals surface area contributed by atoms with E-state index in [0.29, 0.717) is 61.9 Å². The minimum Gasteiger partial charge on any atom is -1.00 e. The number of Topliss-reactive ketones (excluding diaryl/α,β-unsaturated/α-hetero) is 2. The van der Waals surface area contributed by atoms with Gasteiger partial charge >= 0.3 is 90.5 Å². The summed E-state index contributed by atoms with van der Waals surface area (Å²) in [5, 5.41) is 45.4. The van der Waals surface area contributed by atoms with Crippen LogP contribution in [0.15, 0.2) is 194 Å². The van der Waals surface area contributed by atoms with Crippen LogP contribution in [-0.4, -0.2) is 223 Å². The van der Waals surface area contributed by atoms with Gasteiger partial charge in [-0.1, -0.05) is 89.5 Å². The summed E-state index contributed by atoms with van der Waals surface area (Å²) in [7, 11) is 12.8. The van der Waals surface area contributed by atoms with Gasteiger partial charge in [0.15, 0.2) is 11.6 Å². The molecule has 0 saturated carbocycles. The Morgan fingerprint density at radius 3 is 1.05 bits per heavy atom.